The Morgan fingerprint density at radius 2 is 2.11 bits per heavy atom. The molecule has 19 heavy (non-hydrogen) atoms. The number of hydrogen-bond acceptors (Lipinski definition) is 2. The molecule has 110 valence electrons. The average Bonchev–Trinajstić information content (AvgIpc) is 2.72. The molecule has 0 radical (unpaired) electrons. The van der Waals surface area contributed by atoms with Gasteiger partial charge in [0.2, 0.25) is 0 Å². The third kappa shape index (κ3) is 7.89. The first-order chi connectivity index (χ1) is 8.87. The quantitative estimate of drug-likeness (QED) is 0.740. The molecule has 0 aliphatic heterocycles. The number of halogens is 3. The van der Waals surface area contributed by atoms with Gasteiger partial charge in [0.05, 0.1) is 0 Å². The van der Waals surface area contributed by atoms with E-state index in [0.717, 1.165) is 6.54 Å². The summed E-state index contributed by atoms with van der Waals surface area (Å²) in [6, 6.07) is 2.44. The number of alkyl halides is 3. The van der Waals surface area contributed by atoms with Crippen molar-refractivity contribution < 1.29 is 17.9 Å². The highest BCUT2D eigenvalue weighted by molar-refractivity contribution is 5.09. The molecular formula is C13H21F3N2O. The van der Waals surface area contributed by atoms with Crippen molar-refractivity contribution in [3.05, 3.63) is 24.0 Å². The molecule has 0 amide bonds. The average molecular weight is 278 g/mol. The maximum atomic E-state index is 11.8. The van der Waals surface area contributed by atoms with Crippen molar-refractivity contribution in [2.45, 2.75) is 45.6 Å². The minimum atomic E-state index is -4.23. The topological polar surface area (TPSA) is 26.2 Å². The predicted octanol–water partition coefficient (Wildman–Crippen LogP) is 2.96. The first-order valence-corrected chi connectivity index (χ1v) is 6.39. The second-order valence-electron chi connectivity index (χ2n) is 4.81. The van der Waals surface area contributed by atoms with Gasteiger partial charge in [-0.15, -0.1) is 0 Å². The number of aromatic nitrogens is 1. The summed E-state index contributed by atoms with van der Waals surface area (Å²) in [7, 11) is 0. The van der Waals surface area contributed by atoms with Gasteiger partial charge in [0.15, 0.2) is 0 Å². The third-order valence-electron chi connectivity index (χ3n) is 2.50. The van der Waals surface area contributed by atoms with Gasteiger partial charge in [0.1, 0.15) is 6.61 Å². The van der Waals surface area contributed by atoms with Crippen LogP contribution in [0.25, 0.3) is 0 Å². The summed E-state index contributed by atoms with van der Waals surface area (Å²) in [6.45, 7) is 4.58. The molecule has 0 spiro atoms. The zero-order valence-electron chi connectivity index (χ0n) is 11.3. The van der Waals surface area contributed by atoms with E-state index in [-0.39, 0.29) is 6.61 Å². The largest absolute Gasteiger partial charge is 0.411 e. The van der Waals surface area contributed by atoms with Crippen molar-refractivity contribution in [3.8, 4) is 0 Å². The van der Waals surface area contributed by atoms with E-state index in [1.54, 1.807) is 0 Å². The van der Waals surface area contributed by atoms with Gasteiger partial charge >= 0.3 is 6.18 Å². The lowest BCUT2D eigenvalue weighted by molar-refractivity contribution is -0.174. The van der Waals surface area contributed by atoms with Gasteiger partial charge in [-0.2, -0.15) is 13.2 Å². The molecule has 1 aromatic heterocycles. The second kappa shape index (κ2) is 7.55. The van der Waals surface area contributed by atoms with Gasteiger partial charge in [-0.3, -0.25) is 0 Å². The maximum absolute atomic E-state index is 11.8. The Balaban J connectivity index is 2.16. The SMILES string of the molecule is CC(C)NCc1ccn(CCCOCC(F)(F)F)c1. The zero-order valence-corrected chi connectivity index (χ0v) is 11.3. The Hall–Kier alpha value is -1.01. The van der Waals surface area contributed by atoms with E-state index in [0.29, 0.717) is 19.0 Å². The Labute approximate surface area is 111 Å². The minimum absolute atomic E-state index is 0.122. The number of aryl methyl sites for hydroxylation is 1. The third-order valence-corrected chi connectivity index (χ3v) is 2.50. The van der Waals surface area contributed by atoms with Crippen LogP contribution in [0.4, 0.5) is 13.2 Å². The summed E-state index contributed by atoms with van der Waals surface area (Å²) in [5.74, 6) is 0. The van der Waals surface area contributed by atoms with Crippen LogP contribution >= 0.6 is 0 Å². The normalized spacial score (nSPS) is 12.3. The van der Waals surface area contributed by atoms with Crippen LogP contribution in [-0.2, 0) is 17.8 Å². The predicted molar refractivity (Wildman–Crippen MR) is 67.9 cm³/mol. The van der Waals surface area contributed by atoms with Crippen molar-refractivity contribution in [1.82, 2.24) is 9.88 Å². The lowest BCUT2D eigenvalue weighted by atomic mass is 10.3. The number of hydrogen-bond donors (Lipinski definition) is 1. The first-order valence-electron chi connectivity index (χ1n) is 6.39. The van der Waals surface area contributed by atoms with Crippen molar-refractivity contribution in [2.24, 2.45) is 0 Å². The lowest BCUT2D eigenvalue weighted by Gasteiger charge is -2.08. The molecule has 1 heterocycles. The molecule has 0 bridgehead atoms. The maximum Gasteiger partial charge on any atom is 0.411 e. The highest BCUT2D eigenvalue weighted by atomic mass is 19.4. The molecular weight excluding hydrogens is 257 g/mol. The van der Waals surface area contributed by atoms with E-state index in [1.165, 1.54) is 5.56 Å². The zero-order chi connectivity index (χ0) is 14.3. The summed E-state index contributed by atoms with van der Waals surface area (Å²) in [6.07, 6.45) is 0.269. The van der Waals surface area contributed by atoms with Crippen LogP contribution in [0.2, 0.25) is 0 Å². The number of rotatable bonds is 8. The molecule has 1 aromatic rings. The standard InChI is InChI=1S/C13H21F3N2O/c1-11(2)17-8-12-4-6-18(9-12)5-3-7-19-10-13(14,15)16/h4,6,9,11,17H,3,5,7-8,10H2,1-2H3. The van der Waals surface area contributed by atoms with Crippen LogP contribution in [0.15, 0.2) is 18.5 Å². The van der Waals surface area contributed by atoms with Crippen LogP contribution in [0.3, 0.4) is 0 Å². The number of nitrogens with zero attached hydrogens (tertiary/aromatic N) is 1. The molecule has 0 aliphatic rings. The Morgan fingerprint density at radius 1 is 1.37 bits per heavy atom. The van der Waals surface area contributed by atoms with Gasteiger partial charge in [0.25, 0.3) is 0 Å². The molecule has 6 heteroatoms. The summed E-state index contributed by atoms with van der Waals surface area (Å²) in [5, 5.41) is 3.31. The van der Waals surface area contributed by atoms with Gasteiger partial charge < -0.3 is 14.6 Å². The molecule has 0 atom stereocenters. The summed E-state index contributed by atoms with van der Waals surface area (Å²) < 4.78 is 42.0. The monoisotopic (exact) mass is 278 g/mol. The van der Waals surface area contributed by atoms with Gasteiger partial charge in [-0.05, 0) is 18.1 Å². The molecule has 1 rings (SSSR count). The smallest absolute Gasteiger partial charge is 0.372 e. The molecule has 0 aromatic carbocycles. The van der Waals surface area contributed by atoms with Crippen LogP contribution in [0.1, 0.15) is 25.8 Å². The van der Waals surface area contributed by atoms with Crippen LogP contribution in [-0.4, -0.2) is 30.0 Å². The molecule has 3 nitrogen and oxygen atoms in total. The summed E-state index contributed by atoms with van der Waals surface area (Å²) >= 11 is 0. The van der Waals surface area contributed by atoms with Crippen LogP contribution in [0.5, 0.6) is 0 Å². The van der Waals surface area contributed by atoms with E-state index >= 15 is 0 Å². The van der Waals surface area contributed by atoms with Crippen LogP contribution < -0.4 is 5.32 Å². The van der Waals surface area contributed by atoms with E-state index in [2.05, 4.69) is 23.9 Å². The molecule has 0 saturated carbocycles. The number of nitrogens with one attached hydrogen (secondary N) is 1. The van der Waals surface area contributed by atoms with Crippen molar-refractivity contribution in [3.63, 3.8) is 0 Å². The molecule has 1 N–H and O–H groups in total. The van der Waals surface area contributed by atoms with Gasteiger partial charge in [-0.1, -0.05) is 13.8 Å². The van der Waals surface area contributed by atoms with E-state index in [9.17, 15) is 13.2 Å². The molecule has 0 aliphatic carbocycles. The highest BCUT2D eigenvalue weighted by Gasteiger charge is 2.27. The van der Waals surface area contributed by atoms with Gasteiger partial charge in [-0.25, -0.2) is 0 Å². The van der Waals surface area contributed by atoms with Crippen molar-refractivity contribution in [2.75, 3.05) is 13.2 Å². The van der Waals surface area contributed by atoms with Crippen LogP contribution in [0, 0.1) is 0 Å². The van der Waals surface area contributed by atoms with Gasteiger partial charge in [0, 0.05) is 38.1 Å². The van der Waals surface area contributed by atoms with E-state index < -0.39 is 12.8 Å². The fraction of sp³-hybridized carbons (Fsp3) is 0.692. The van der Waals surface area contributed by atoms with E-state index in [4.69, 9.17) is 0 Å². The second-order valence-corrected chi connectivity index (χ2v) is 4.81. The fourth-order valence-electron chi connectivity index (χ4n) is 1.59. The first kappa shape index (κ1) is 16.0. The highest BCUT2D eigenvalue weighted by Crippen LogP contribution is 2.14. The number of ether oxygens (including phenoxy) is 1. The van der Waals surface area contributed by atoms with Crippen molar-refractivity contribution >= 4 is 0 Å². The van der Waals surface area contributed by atoms with Crippen molar-refractivity contribution in [1.29, 1.82) is 0 Å². The lowest BCUT2D eigenvalue weighted by Crippen LogP contribution is -2.21. The molecule has 0 unspecified atom stereocenters. The minimum Gasteiger partial charge on any atom is -0.372 e. The summed E-state index contributed by atoms with van der Waals surface area (Å²) in [4.78, 5) is 0. The Bertz CT molecular complexity index is 361. The van der Waals surface area contributed by atoms with E-state index in [1.807, 2.05) is 23.0 Å². The molecule has 0 fully saturated rings. The summed E-state index contributed by atoms with van der Waals surface area (Å²) in [5.41, 5.74) is 1.17. The molecule has 0 saturated heterocycles. The fourth-order valence-corrected chi connectivity index (χ4v) is 1.59. The Morgan fingerprint density at radius 3 is 2.74 bits per heavy atom. The Kier molecular flexibility index (Phi) is 6.37.